The Balaban J connectivity index is 0.000000155. The highest BCUT2D eigenvalue weighted by molar-refractivity contribution is 5.84. The molecule has 4 aromatic carbocycles. The third kappa shape index (κ3) is 6.32. The van der Waals surface area contributed by atoms with Gasteiger partial charge in [-0.15, -0.1) is 0 Å². The predicted molar refractivity (Wildman–Crippen MR) is 159 cm³/mol. The van der Waals surface area contributed by atoms with Crippen LogP contribution in [0.5, 0.6) is 0 Å². The number of nitrogens with two attached hydrogens (primary N) is 1. The van der Waals surface area contributed by atoms with Gasteiger partial charge in [0.1, 0.15) is 5.78 Å². The van der Waals surface area contributed by atoms with Crippen LogP contribution in [0.15, 0.2) is 84.9 Å². The molecule has 2 aliphatic heterocycles. The van der Waals surface area contributed by atoms with Gasteiger partial charge in [-0.05, 0) is 71.5 Å². The van der Waals surface area contributed by atoms with Gasteiger partial charge in [0, 0.05) is 57.1 Å². The third-order valence-corrected chi connectivity index (χ3v) is 8.54. The van der Waals surface area contributed by atoms with E-state index in [-0.39, 0.29) is 0 Å². The van der Waals surface area contributed by atoms with Crippen molar-refractivity contribution in [3.63, 3.8) is 0 Å². The summed E-state index contributed by atoms with van der Waals surface area (Å²) in [4.78, 5) is 16.3. The highest BCUT2D eigenvalue weighted by Gasteiger charge is 2.22. The molecule has 38 heavy (non-hydrogen) atoms. The Kier molecular flexibility index (Phi) is 8.53. The molecule has 2 heterocycles. The van der Waals surface area contributed by atoms with Crippen molar-refractivity contribution in [2.24, 2.45) is 5.73 Å². The van der Waals surface area contributed by atoms with Gasteiger partial charge in [-0.1, -0.05) is 72.8 Å². The number of benzene rings is 4. The fourth-order valence-electron chi connectivity index (χ4n) is 5.82. The van der Waals surface area contributed by atoms with Crippen molar-refractivity contribution in [3.8, 4) is 0 Å². The number of ketones is 1. The van der Waals surface area contributed by atoms with Crippen molar-refractivity contribution in [3.05, 3.63) is 96.1 Å². The van der Waals surface area contributed by atoms with E-state index in [2.05, 4.69) is 109 Å². The average Bonchev–Trinajstić information content (AvgIpc) is 2.97. The minimum absolute atomic E-state index is 0.387. The maximum atomic E-state index is 11.3. The average molecular weight is 508 g/mol. The Morgan fingerprint density at radius 3 is 1.53 bits per heavy atom. The molecule has 2 aliphatic rings. The summed E-state index contributed by atoms with van der Waals surface area (Å²) >= 11 is 0. The first-order chi connectivity index (χ1) is 18.5. The molecular formula is C34H41N3O. The van der Waals surface area contributed by atoms with Gasteiger partial charge in [0.25, 0.3) is 0 Å². The minimum Gasteiger partial charge on any atom is -0.328 e. The summed E-state index contributed by atoms with van der Waals surface area (Å²) < 4.78 is 0. The second kappa shape index (κ2) is 12.2. The molecule has 4 aromatic rings. The summed E-state index contributed by atoms with van der Waals surface area (Å²) in [6, 6.07) is 31.8. The molecular weight excluding hydrogens is 466 g/mol. The zero-order valence-electron chi connectivity index (χ0n) is 22.9. The summed E-state index contributed by atoms with van der Waals surface area (Å²) in [5, 5.41) is 5.23. The van der Waals surface area contributed by atoms with Gasteiger partial charge in [-0.3, -0.25) is 14.6 Å². The van der Waals surface area contributed by atoms with Crippen LogP contribution >= 0.6 is 0 Å². The summed E-state index contributed by atoms with van der Waals surface area (Å²) in [6.45, 7) is 8.57. The monoisotopic (exact) mass is 507 g/mol. The zero-order chi connectivity index (χ0) is 26.5. The molecule has 6 rings (SSSR count). The Hall–Kier alpha value is -3.05. The van der Waals surface area contributed by atoms with E-state index in [0.717, 1.165) is 39.0 Å². The van der Waals surface area contributed by atoms with Crippen LogP contribution in [-0.2, 0) is 4.79 Å². The summed E-state index contributed by atoms with van der Waals surface area (Å²) in [5.74, 6) is 0.405. The number of carbonyl (C=O) groups excluding carboxylic acids is 1. The van der Waals surface area contributed by atoms with Crippen molar-refractivity contribution < 1.29 is 4.79 Å². The second-order valence-corrected chi connectivity index (χ2v) is 11.0. The number of piperidine rings is 2. The van der Waals surface area contributed by atoms with E-state index in [0.29, 0.717) is 36.8 Å². The first kappa shape index (κ1) is 26.6. The van der Waals surface area contributed by atoms with Gasteiger partial charge in [0.15, 0.2) is 0 Å². The molecule has 198 valence electrons. The Labute approximate surface area is 227 Å². The quantitative estimate of drug-likeness (QED) is 0.327. The fraction of sp³-hybridized carbons (Fsp3) is 0.382. The van der Waals surface area contributed by atoms with E-state index in [1.807, 2.05) is 0 Å². The van der Waals surface area contributed by atoms with E-state index in [1.165, 1.54) is 32.7 Å². The number of hydrogen-bond donors (Lipinski definition) is 1. The molecule has 0 spiro atoms. The lowest BCUT2D eigenvalue weighted by Gasteiger charge is -2.35. The molecule has 4 heteroatoms. The van der Waals surface area contributed by atoms with Crippen molar-refractivity contribution in [2.45, 2.75) is 57.7 Å². The second-order valence-electron chi connectivity index (χ2n) is 11.0. The molecule has 2 saturated heterocycles. The first-order valence-electron chi connectivity index (χ1n) is 14.2. The molecule has 0 radical (unpaired) electrons. The van der Waals surface area contributed by atoms with Crippen LogP contribution in [0.25, 0.3) is 21.5 Å². The molecule has 2 atom stereocenters. The molecule has 0 saturated carbocycles. The molecule has 0 bridgehead atoms. The molecule has 0 aliphatic carbocycles. The smallest absolute Gasteiger partial charge is 0.135 e. The van der Waals surface area contributed by atoms with Gasteiger partial charge in [-0.2, -0.15) is 0 Å². The van der Waals surface area contributed by atoms with Crippen molar-refractivity contribution in [2.75, 3.05) is 26.2 Å². The normalized spacial score (nSPS) is 19.2. The topological polar surface area (TPSA) is 49.6 Å². The summed E-state index contributed by atoms with van der Waals surface area (Å²) in [6.07, 6.45) is 3.66. The Bertz CT molecular complexity index is 1360. The van der Waals surface area contributed by atoms with Gasteiger partial charge in [0.2, 0.25) is 0 Å². The van der Waals surface area contributed by atoms with Crippen molar-refractivity contribution >= 4 is 27.3 Å². The zero-order valence-corrected chi connectivity index (χ0v) is 22.9. The summed E-state index contributed by atoms with van der Waals surface area (Å²) in [5.41, 5.74) is 8.74. The molecule has 2 fully saturated rings. The van der Waals surface area contributed by atoms with E-state index >= 15 is 0 Å². The van der Waals surface area contributed by atoms with Crippen molar-refractivity contribution in [1.82, 2.24) is 9.80 Å². The largest absolute Gasteiger partial charge is 0.328 e. The van der Waals surface area contributed by atoms with Crippen LogP contribution < -0.4 is 5.73 Å². The standard InChI is InChI=1S/C17H22N2.C17H19NO/c1-13(19-10-8-17(18)9-11-19)15-7-6-14-4-2-3-5-16(14)12-15;1-13(18-10-8-17(19)9-11-18)15-7-6-14-4-2-3-5-16(14)12-15/h2-7,12-13,17H,8-11,18H2,1H3;2-7,12-13H,8-11H2,1H3/t2*13-/m00/s1. The SMILES string of the molecule is C[C@@H](c1ccc2ccccc2c1)N1CCC(=O)CC1.C[C@@H](c1ccc2ccccc2c1)N1CCC(N)CC1. The maximum absolute atomic E-state index is 11.3. The van der Waals surface area contributed by atoms with Crippen molar-refractivity contribution in [1.29, 1.82) is 0 Å². The molecule has 0 unspecified atom stereocenters. The number of likely N-dealkylation sites (tertiary alicyclic amines) is 2. The molecule has 4 nitrogen and oxygen atoms in total. The highest BCUT2D eigenvalue weighted by Crippen LogP contribution is 2.28. The molecule has 0 amide bonds. The summed E-state index contributed by atoms with van der Waals surface area (Å²) in [7, 11) is 0. The van der Waals surface area contributed by atoms with E-state index in [4.69, 9.17) is 5.73 Å². The Morgan fingerprint density at radius 1 is 0.632 bits per heavy atom. The highest BCUT2D eigenvalue weighted by atomic mass is 16.1. The van der Waals surface area contributed by atoms with Crippen LogP contribution in [0.2, 0.25) is 0 Å². The fourth-order valence-corrected chi connectivity index (χ4v) is 5.82. The predicted octanol–water partition coefficient (Wildman–Crippen LogP) is 6.89. The number of carbonyl (C=O) groups is 1. The van der Waals surface area contributed by atoms with Gasteiger partial charge < -0.3 is 5.73 Å². The van der Waals surface area contributed by atoms with Gasteiger partial charge in [-0.25, -0.2) is 0 Å². The number of rotatable bonds is 4. The van der Waals surface area contributed by atoms with E-state index in [9.17, 15) is 4.79 Å². The van der Waals surface area contributed by atoms with Crippen LogP contribution in [-0.4, -0.2) is 47.8 Å². The van der Waals surface area contributed by atoms with Crippen LogP contribution in [0.1, 0.15) is 62.7 Å². The minimum atomic E-state index is 0.387. The lowest BCUT2D eigenvalue weighted by Crippen LogP contribution is -2.40. The lowest BCUT2D eigenvalue weighted by atomic mass is 9.98. The number of nitrogens with zero attached hydrogens (tertiary/aromatic N) is 2. The number of fused-ring (bicyclic) bond motifs is 2. The molecule has 0 aromatic heterocycles. The van der Waals surface area contributed by atoms with Gasteiger partial charge in [0.05, 0.1) is 0 Å². The van der Waals surface area contributed by atoms with E-state index < -0.39 is 0 Å². The van der Waals surface area contributed by atoms with Crippen LogP contribution in [0.4, 0.5) is 0 Å². The Morgan fingerprint density at radius 2 is 1.05 bits per heavy atom. The van der Waals surface area contributed by atoms with E-state index in [1.54, 1.807) is 0 Å². The number of Topliss-reactive ketones (excluding diaryl/α,β-unsaturated/α-hetero) is 1. The third-order valence-electron chi connectivity index (χ3n) is 8.54. The van der Waals surface area contributed by atoms with Crippen LogP contribution in [0, 0.1) is 0 Å². The van der Waals surface area contributed by atoms with Crippen LogP contribution in [0.3, 0.4) is 0 Å². The molecule has 2 N–H and O–H groups in total. The lowest BCUT2D eigenvalue weighted by molar-refractivity contribution is -0.121. The van der Waals surface area contributed by atoms with Gasteiger partial charge >= 0.3 is 0 Å². The maximum Gasteiger partial charge on any atom is 0.135 e. The number of hydrogen-bond acceptors (Lipinski definition) is 4. The first-order valence-corrected chi connectivity index (χ1v) is 14.2.